The van der Waals surface area contributed by atoms with E-state index in [4.69, 9.17) is 15.0 Å². The Labute approximate surface area is 391 Å². The van der Waals surface area contributed by atoms with Gasteiger partial charge in [-0.05, 0) is 80.3 Å². The molecule has 0 aliphatic carbocycles. The maximum atomic E-state index is 5.44. The van der Waals surface area contributed by atoms with E-state index in [1.807, 2.05) is 36.4 Å². The molecule has 14 aromatic rings. The normalized spacial score (nSPS) is 11.8. The molecule has 0 bridgehead atoms. The van der Waals surface area contributed by atoms with Crippen LogP contribution in [0.4, 0.5) is 0 Å². The summed E-state index contributed by atoms with van der Waals surface area (Å²) in [5, 5.41) is 12.1. The molecule has 0 spiro atoms. The SMILES string of the molecule is c1ccc(-c2nc(-c3ccccc3)nc(-c3ccc(-n4c5ccccc5c5ccccc54)c(-n4c5ccccc5c5ccccc54)c3-c3ccc4c5ccccc5c5ccccc5c4c3)n2)cc1. The van der Waals surface area contributed by atoms with Gasteiger partial charge in [-0.2, -0.15) is 0 Å². The van der Waals surface area contributed by atoms with Crippen molar-refractivity contribution in [3.8, 4) is 56.7 Å². The van der Waals surface area contributed by atoms with Gasteiger partial charge in [-0.1, -0.05) is 194 Å². The summed E-state index contributed by atoms with van der Waals surface area (Å²) >= 11 is 0. The lowest BCUT2D eigenvalue weighted by molar-refractivity contribution is 1.06. The lowest BCUT2D eigenvalue weighted by Crippen LogP contribution is -2.08. The number of aromatic nitrogens is 5. The molecule has 0 saturated heterocycles. The Bertz CT molecular complexity index is 4120. The predicted octanol–water partition coefficient (Wildman–Crippen LogP) is 16.2. The predicted molar refractivity (Wildman–Crippen MR) is 283 cm³/mol. The van der Waals surface area contributed by atoms with Crippen LogP contribution in [0, 0.1) is 0 Å². The number of hydrogen-bond donors (Lipinski definition) is 0. The molecule has 0 saturated carbocycles. The highest BCUT2D eigenvalue weighted by Crippen LogP contribution is 2.47. The highest BCUT2D eigenvalue weighted by Gasteiger charge is 2.27. The Morgan fingerprint density at radius 2 is 0.618 bits per heavy atom. The molecule has 68 heavy (non-hydrogen) atoms. The molecular weight excluding hydrogens is 827 g/mol. The molecule has 3 aromatic heterocycles. The minimum Gasteiger partial charge on any atom is -0.307 e. The minimum absolute atomic E-state index is 0.590. The highest BCUT2D eigenvalue weighted by atomic mass is 15.1. The van der Waals surface area contributed by atoms with Crippen molar-refractivity contribution in [1.82, 2.24) is 24.1 Å². The van der Waals surface area contributed by atoms with Crippen molar-refractivity contribution in [2.75, 3.05) is 0 Å². The summed E-state index contributed by atoms with van der Waals surface area (Å²) in [6.07, 6.45) is 0. The first-order chi connectivity index (χ1) is 33.8. The van der Waals surface area contributed by atoms with Crippen LogP contribution < -0.4 is 0 Å². The molecule has 0 aliphatic heterocycles. The first-order valence-electron chi connectivity index (χ1n) is 23.1. The van der Waals surface area contributed by atoms with Crippen molar-refractivity contribution < 1.29 is 0 Å². The van der Waals surface area contributed by atoms with Gasteiger partial charge in [0, 0.05) is 43.8 Å². The molecule has 14 rings (SSSR count). The molecule has 11 aromatic carbocycles. The van der Waals surface area contributed by atoms with Crippen LogP contribution in [-0.4, -0.2) is 24.1 Å². The van der Waals surface area contributed by atoms with Crippen molar-refractivity contribution >= 4 is 75.9 Å². The van der Waals surface area contributed by atoms with Crippen LogP contribution in [0.15, 0.2) is 237 Å². The van der Waals surface area contributed by atoms with Crippen molar-refractivity contribution in [1.29, 1.82) is 0 Å². The van der Waals surface area contributed by atoms with Crippen molar-refractivity contribution in [2.45, 2.75) is 0 Å². The number of hydrogen-bond acceptors (Lipinski definition) is 3. The zero-order valence-corrected chi connectivity index (χ0v) is 36.8. The number of benzene rings is 11. The van der Waals surface area contributed by atoms with Gasteiger partial charge in [0.1, 0.15) is 0 Å². The molecule has 5 nitrogen and oxygen atoms in total. The van der Waals surface area contributed by atoms with Crippen molar-refractivity contribution in [2.24, 2.45) is 0 Å². The van der Waals surface area contributed by atoms with Crippen LogP contribution >= 0.6 is 0 Å². The Balaban J connectivity index is 1.20. The number of fused-ring (bicyclic) bond motifs is 12. The van der Waals surface area contributed by atoms with E-state index in [1.165, 1.54) is 53.9 Å². The molecule has 0 aliphatic rings. The first-order valence-corrected chi connectivity index (χ1v) is 23.1. The van der Waals surface area contributed by atoms with E-state index in [0.29, 0.717) is 17.5 Å². The number of para-hydroxylation sites is 4. The second-order valence-corrected chi connectivity index (χ2v) is 17.5. The van der Waals surface area contributed by atoms with Gasteiger partial charge in [-0.15, -0.1) is 0 Å². The molecule has 0 amide bonds. The Morgan fingerprint density at radius 3 is 1.09 bits per heavy atom. The summed E-state index contributed by atoms with van der Waals surface area (Å²) in [4.78, 5) is 16.0. The monoisotopic (exact) mass is 865 g/mol. The maximum absolute atomic E-state index is 5.44. The third kappa shape index (κ3) is 5.79. The molecule has 316 valence electrons. The molecule has 0 atom stereocenters. The summed E-state index contributed by atoms with van der Waals surface area (Å²) in [6.45, 7) is 0. The van der Waals surface area contributed by atoms with E-state index in [1.54, 1.807) is 0 Å². The molecule has 5 heteroatoms. The third-order valence-electron chi connectivity index (χ3n) is 13.8. The fraction of sp³-hybridized carbons (Fsp3) is 0. The van der Waals surface area contributed by atoms with Gasteiger partial charge in [0.15, 0.2) is 17.5 Å². The topological polar surface area (TPSA) is 48.5 Å². The fourth-order valence-electron chi connectivity index (χ4n) is 10.8. The first kappa shape index (κ1) is 38.1. The Hall–Kier alpha value is -9.19. The van der Waals surface area contributed by atoms with Gasteiger partial charge in [-0.3, -0.25) is 0 Å². The van der Waals surface area contributed by atoms with E-state index in [-0.39, 0.29) is 0 Å². The van der Waals surface area contributed by atoms with Crippen LogP contribution in [0.1, 0.15) is 0 Å². The minimum atomic E-state index is 0.590. The van der Waals surface area contributed by atoms with Crippen LogP contribution in [0.2, 0.25) is 0 Å². The summed E-state index contributed by atoms with van der Waals surface area (Å²) in [7, 11) is 0. The maximum Gasteiger partial charge on any atom is 0.164 e. The average molecular weight is 866 g/mol. The van der Waals surface area contributed by atoms with Gasteiger partial charge in [-0.25, -0.2) is 15.0 Å². The summed E-state index contributed by atoms with van der Waals surface area (Å²) in [6, 6.07) is 84.8. The summed E-state index contributed by atoms with van der Waals surface area (Å²) < 4.78 is 4.95. The van der Waals surface area contributed by atoms with Crippen LogP contribution in [-0.2, 0) is 0 Å². The molecule has 0 unspecified atom stereocenters. The quantitative estimate of drug-likeness (QED) is 0.156. The van der Waals surface area contributed by atoms with Crippen LogP contribution in [0.3, 0.4) is 0 Å². The van der Waals surface area contributed by atoms with E-state index < -0.39 is 0 Å². The smallest absolute Gasteiger partial charge is 0.164 e. The summed E-state index contributed by atoms with van der Waals surface area (Å²) in [5.74, 6) is 1.81. The van der Waals surface area contributed by atoms with Crippen molar-refractivity contribution in [3.63, 3.8) is 0 Å². The molecule has 0 radical (unpaired) electrons. The van der Waals surface area contributed by atoms with E-state index in [0.717, 1.165) is 61.3 Å². The van der Waals surface area contributed by atoms with Gasteiger partial charge in [0.05, 0.1) is 33.4 Å². The molecule has 3 heterocycles. The highest BCUT2D eigenvalue weighted by molar-refractivity contribution is 6.26. The number of nitrogens with zero attached hydrogens (tertiary/aromatic N) is 5. The number of rotatable bonds is 6. The third-order valence-corrected chi connectivity index (χ3v) is 13.8. The second kappa shape index (κ2) is 15.2. The van der Waals surface area contributed by atoms with E-state index in [9.17, 15) is 0 Å². The molecular formula is C63H39N5. The van der Waals surface area contributed by atoms with Gasteiger partial charge < -0.3 is 9.13 Å². The standard InChI is InChI=1S/C63H39N5/c1-3-19-40(20-4-1)61-64-62(41-21-5-2-6-22-41)66-63(65-61)52-37-38-58(67-54-31-15-11-27-48(54)49-28-12-16-32-55(49)67)60(68-56-33-17-13-29-50(56)51-30-14-18-34-57(51)68)59(52)42-35-36-47-45-25-8-7-23-43(45)44-24-9-10-26-46(44)53(47)39-42/h1-39H. The zero-order chi connectivity index (χ0) is 44.7. The molecule has 0 N–H and O–H groups in total. The summed E-state index contributed by atoms with van der Waals surface area (Å²) in [5.41, 5.74) is 11.3. The van der Waals surface area contributed by atoms with Crippen molar-refractivity contribution in [3.05, 3.63) is 237 Å². The second-order valence-electron chi connectivity index (χ2n) is 17.5. The zero-order valence-electron chi connectivity index (χ0n) is 36.8. The Kier molecular flexibility index (Phi) is 8.52. The van der Waals surface area contributed by atoms with Gasteiger partial charge in [0.25, 0.3) is 0 Å². The van der Waals surface area contributed by atoms with Crippen LogP contribution in [0.5, 0.6) is 0 Å². The lowest BCUT2D eigenvalue weighted by Gasteiger charge is -2.24. The fourth-order valence-corrected chi connectivity index (χ4v) is 10.8. The average Bonchev–Trinajstić information content (AvgIpc) is 3.93. The van der Waals surface area contributed by atoms with E-state index in [2.05, 4.69) is 209 Å². The van der Waals surface area contributed by atoms with E-state index >= 15 is 0 Å². The van der Waals surface area contributed by atoms with Gasteiger partial charge >= 0.3 is 0 Å². The Morgan fingerprint density at radius 1 is 0.250 bits per heavy atom. The molecule has 0 fully saturated rings. The van der Waals surface area contributed by atoms with Gasteiger partial charge in [0.2, 0.25) is 0 Å². The van der Waals surface area contributed by atoms with Crippen LogP contribution in [0.25, 0.3) is 133 Å². The lowest BCUT2D eigenvalue weighted by atomic mass is 9.89. The largest absolute Gasteiger partial charge is 0.307 e.